The molecule has 0 radical (unpaired) electrons. The highest BCUT2D eigenvalue weighted by Crippen LogP contribution is 2.23. The first-order valence-corrected chi connectivity index (χ1v) is 15.3. The van der Waals surface area contributed by atoms with Gasteiger partial charge in [-0.25, -0.2) is 12.8 Å². The average molecular weight is 588 g/mol. The van der Waals surface area contributed by atoms with E-state index in [4.69, 9.17) is 11.6 Å². The Hall–Kier alpha value is -3.43. The third-order valence-electron chi connectivity index (χ3n) is 6.27. The quantitative estimate of drug-likeness (QED) is 0.298. The number of carbonyl (C=O) groups is 2. The second-order valence-electron chi connectivity index (χ2n) is 9.90. The molecule has 1 atom stereocenters. The second-order valence-corrected chi connectivity index (χ2v) is 12.2. The van der Waals surface area contributed by atoms with Gasteiger partial charge in [-0.05, 0) is 61.7 Å². The lowest BCUT2D eigenvalue weighted by Gasteiger charge is -2.32. The predicted molar refractivity (Wildman–Crippen MR) is 157 cm³/mol. The first-order valence-electron chi connectivity index (χ1n) is 13.1. The standard InChI is InChI=1S/C30H35ClFN3O4S/c1-22(2)33-30(37)28(20-23-10-5-4-6-11-23)34(21-24-12-7-8-13-27(24)31)29(36)14-9-19-35(40(3,38)39)26-17-15-25(32)16-18-26/h4-8,10-13,15-18,22,28H,9,14,19-21H2,1-3H3,(H,33,37)/t28-/m0/s1. The zero-order chi connectivity index (χ0) is 29.3. The number of nitrogens with zero attached hydrogens (tertiary/aromatic N) is 2. The van der Waals surface area contributed by atoms with Crippen LogP contribution in [-0.4, -0.2) is 50.0 Å². The molecule has 0 aliphatic carbocycles. The summed E-state index contributed by atoms with van der Waals surface area (Å²) in [7, 11) is -3.68. The van der Waals surface area contributed by atoms with Gasteiger partial charge in [0.15, 0.2) is 0 Å². The van der Waals surface area contributed by atoms with E-state index in [1.165, 1.54) is 29.2 Å². The summed E-state index contributed by atoms with van der Waals surface area (Å²) in [5.74, 6) is -1.08. The third-order valence-corrected chi connectivity index (χ3v) is 7.83. The molecule has 7 nitrogen and oxygen atoms in total. The van der Waals surface area contributed by atoms with Crippen LogP contribution >= 0.6 is 11.6 Å². The molecule has 0 saturated heterocycles. The molecule has 3 aromatic rings. The van der Waals surface area contributed by atoms with Gasteiger partial charge < -0.3 is 10.2 Å². The third kappa shape index (κ3) is 9.06. The molecule has 214 valence electrons. The van der Waals surface area contributed by atoms with Gasteiger partial charge in [-0.1, -0.05) is 60.1 Å². The summed E-state index contributed by atoms with van der Waals surface area (Å²) in [6.45, 7) is 3.83. The lowest BCUT2D eigenvalue weighted by molar-refractivity contribution is -0.141. The molecule has 2 amide bonds. The largest absolute Gasteiger partial charge is 0.352 e. The lowest BCUT2D eigenvalue weighted by Crippen LogP contribution is -2.51. The highest BCUT2D eigenvalue weighted by molar-refractivity contribution is 7.92. The number of sulfonamides is 1. The van der Waals surface area contributed by atoms with Crippen LogP contribution in [0.1, 0.15) is 37.8 Å². The Labute approximate surface area is 241 Å². The molecule has 0 bridgehead atoms. The van der Waals surface area contributed by atoms with Crippen LogP contribution in [0, 0.1) is 5.82 Å². The minimum absolute atomic E-state index is 0.0116. The van der Waals surface area contributed by atoms with Gasteiger partial charge in [0.05, 0.1) is 11.9 Å². The maximum absolute atomic E-state index is 13.8. The average Bonchev–Trinajstić information content (AvgIpc) is 2.89. The van der Waals surface area contributed by atoms with Crippen LogP contribution in [0.5, 0.6) is 0 Å². The normalized spacial score (nSPS) is 12.2. The maximum Gasteiger partial charge on any atom is 0.243 e. The summed E-state index contributed by atoms with van der Waals surface area (Å²) in [4.78, 5) is 28.7. The van der Waals surface area contributed by atoms with E-state index in [0.29, 0.717) is 22.7 Å². The molecule has 10 heteroatoms. The zero-order valence-corrected chi connectivity index (χ0v) is 24.5. The smallest absolute Gasteiger partial charge is 0.243 e. The zero-order valence-electron chi connectivity index (χ0n) is 22.9. The van der Waals surface area contributed by atoms with Gasteiger partial charge in [0, 0.05) is 37.0 Å². The van der Waals surface area contributed by atoms with Crippen molar-refractivity contribution in [2.75, 3.05) is 17.1 Å². The fraction of sp³-hybridized carbons (Fsp3) is 0.333. The number of anilines is 1. The molecule has 0 spiro atoms. The van der Waals surface area contributed by atoms with Crippen molar-refractivity contribution >= 4 is 39.1 Å². The summed E-state index contributed by atoms with van der Waals surface area (Å²) in [6, 6.07) is 20.8. The van der Waals surface area contributed by atoms with Crippen LogP contribution < -0.4 is 9.62 Å². The van der Waals surface area contributed by atoms with Crippen LogP contribution in [-0.2, 0) is 32.6 Å². The van der Waals surface area contributed by atoms with Crippen molar-refractivity contribution in [1.29, 1.82) is 0 Å². The number of hydrogen-bond acceptors (Lipinski definition) is 4. The van der Waals surface area contributed by atoms with Crippen LogP contribution in [0.3, 0.4) is 0 Å². The second kappa shape index (κ2) is 14.3. The van der Waals surface area contributed by atoms with Crippen molar-refractivity contribution in [3.63, 3.8) is 0 Å². The van der Waals surface area contributed by atoms with Crippen molar-refractivity contribution in [2.24, 2.45) is 0 Å². The van der Waals surface area contributed by atoms with Crippen molar-refractivity contribution in [3.8, 4) is 0 Å². The molecule has 1 N–H and O–H groups in total. The van der Waals surface area contributed by atoms with E-state index in [1.807, 2.05) is 56.3 Å². The Morgan fingerprint density at radius 1 is 0.950 bits per heavy atom. The highest BCUT2D eigenvalue weighted by atomic mass is 35.5. The van der Waals surface area contributed by atoms with E-state index in [9.17, 15) is 22.4 Å². The van der Waals surface area contributed by atoms with E-state index in [-0.39, 0.29) is 43.8 Å². The lowest BCUT2D eigenvalue weighted by atomic mass is 10.0. The molecule has 0 aliphatic rings. The number of rotatable bonds is 13. The van der Waals surface area contributed by atoms with Crippen molar-refractivity contribution in [2.45, 2.75) is 51.7 Å². The fourth-order valence-corrected chi connectivity index (χ4v) is 5.52. The molecular formula is C30H35ClFN3O4S. The summed E-state index contributed by atoms with van der Waals surface area (Å²) in [5.41, 5.74) is 1.89. The fourth-order valence-electron chi connectivity index (χ4n) is 4.36. The molecule has 0 saturated carbocycles. The first-order chi connectivity index (χ1) is 19.0. The monoisotopic (exact) mass is 587 g/mol. The van der Waals surface area contributed by atoms with E-state index in [2.05, 4.69) is 5.32 Å². The highest BCUT2D eigenvalue weighted by Gasteiger charge is 2.31. The molecule has 0 aromatic heterocycles. The molecule has 3 rings (SSSR count). The van der Waals surface area contributed by atoms with Gasteiger partial charge >= 0.3 is 0 Å². The summed E-state index contributed by atoms with van der Waals surface area (Å²) >= 11 is 6.44. The number of halogens is 2. The van der Waals surface area contributed by atoms with Crippen molar-refractivity contribution in [1.82, 2.24) is 10.2 Å². The topological polar surface area (TPSA) is 86.8 Å². The number of nitrogens with one attached hydrogen (secondary N) is 1. The molecule has 0 fully saturated rings. The Kier molecular flexibility index (Phi) is 11.1. The summed E-state index contributed by atoms with van der Waals surface area (Å²) in [6.07, 6.45) is 1.53. The Balaban J connectivity index is 1.88. The number of hydrogen-bond donors (Lipinski definition) is 1. The van der Waals surface area contributed by atoms with Gasteiger partial charge in [0.1, 0.15) is 11.9 Å². The molecule has 0 aliphatic heterocycles. The predicted octanol–water partition coefficient (Wildman–Crippen LogP) is 5.19. The Bertz CT molecular complexity index is 1390. The minimum Gasteiger partial charge on any atom is -0.352 e. The molecular weight excluding hydrogens is 553 g/mol. The summed E-state index contributed by atoms with van der Waals surface area (Å²) < 4.78 is 39.5. The van der Waals surface area contributed by atoms with Gasteiger partial charge in [-0.15, -0.1) is 0 Å². The van der Waals surface area contributed by atoms with Gasteiger partial charge in [-0.3, -0.25) is 13.9 Å². The maximum atomic E-state index is 13.8. The molecule has 0 unspecified atom stereocenters. The Morgan fingerprint density at radius 3 is 2.17 bits per heavy atom. The van der Waals surface area contributed by atoms with E-state index >= 15 is 0 Å². The molecule has 40 heavy (non-hydrogen) atoms. The van der Waals surface area contributed by atoms with E-state index < -0.39 is 21.9 Å². The van der Waals surface area contributed by atoms with Crippen LogP contribution in [0.2, 0.25) is 5.02 Å². The number of benzene rings is 3. The molecule has 3 aromatic carbocycles. The summed E-state index contributed by atoms with van der Waals surface area (Å²) in [5, 5.41) is 3.41. The number of amides is 2. The van der Waals surface area contributed by atoms with Gasteiger partial charge in [0.25, 0.3) is 0 Å². The van der Waals surface area contributed by atoms with Gasteiger partial charge in [0.2, 0.25) is 21.8 Å². The first kappa shape index (κ1) is 31.1. The van der Waals surface area contributed by atoms with Crippen LogP contribution in [0.25, 0.3) is 0 Å². The van der Waals surface area contributed by atoms with E-state index in [1.54, 1.807) is 12.1 Å². The van der Waals surface area contributed by atoms with Crippen molar-refractivity contribution in [3.05, 3.63) is 101 Å². The number of carbonyl (C=O) groups excluding carboxylic acids is 2. The van der Waals surface area contributed by atoms with Crippen LogP contribution in [0.4, 0.5) is 10.1 Å². The minimum atomic E-state index is -3.68. The van der Waals surface area contributed by atoms with Crippen molar-refractivity contribution < 1.29 is 22.4 Å². The Morgan fingerprint density at radius 2 is 1.57 bits per heavy atom. The van der Waals surface area contributed by atoms with Gasteiger partial charge in [-0.2, -0.15) is 0 Å². The van der Waals surface area contributed by atoms with Crippen LogP contribution in [0.15, 0.2) is 78.9 Å². The van der Waals surface area contributed by atoms with E-state index in [0.717, 1.165) is 16.1 Å². The SMILES string of the molecule is CC(C)NC(=O)[C@H](Cc1ccccc1)N(Cc1ccccc1Cl)C(=O)CCCN(c1ccc(F)cc1)S(C)(=O)=O. The molecule has 0 heterocycles.